The highest BCUT2D eigenvalue weighted by Crippen LogP contribution is 2.21. The number of pyridine rings is 1. The zero-order valence-electron chi connectivity index (χ0n) is 18.5. The van der Waals surface area contributed by atoms with E-state index in [-0.39, 0.29) is 34.2 Å². The van der Waals surface area contributed by atoms with Gasteiger partial charge in [-0.25, -0.2) is 8.42 Å². The van der Waals surface area contributed by atoms with Gasteiger partial charge in [-0.1, -0.05) is 32.8 Å². The van der Waals surface area contributed by atoms with E-state index in [0.29, 0.717) is 18.7 Å². The highest BCUT2D eigenvalue weighted by molar-refractivity contribution is 7.89. The molecule has 9 nitrogen and oxygen atoms in total. The van der Waals surface area contributed by atoms with Crippen molar-refractivity contribution in [1.29, 1.82) is 0 Å². The molecule has 0 aliphatic heterocycles. The SMILES string of the molecule is CC(C)CN(CC(C)C)S(=O)(=O)c1ccc(C(=O)Nc2nnc(-c3cccnc3)o2)cc1. The molecule has 1 N–H and O–H groups in total. The summed E-state index contributed by atoms with van der Waals surface area (Å²) in [6.07, 6.45) is 3.19. The standard InChI is InChI=1S/C22H27N5O4S/c1-15(2)13-27(14-16(3)4)32(29,30)19-9-7-17(8-10-19)20(28)24-22-26-25-21(31-22)18-6-5-11-23-12-18/h5-12,15-16H,13-14H2,1-4H3,(H,24,26,28). The summed E-state index contributed by atoms with van der Waals surface area (Å²) in [6.45, 7) is 8.78. The molecule has 1 aromatic carbocycles. The fourth-order valence-corrected chi connectivity index (χ4v) is 4.83. The maximum absolute atomic E-state index is 13.1. The molecular weight excluding hydrogens is 430 g/mol. The summed E-state index contributed by atoms with van der Waals surface area (Å²) in [7, 11) is -3.67. The molecule has 0 unspecified atom stereocenters. The molecule has 170 valence electrons. The maximum atomic E-state index is 13.1. The van der Waals surface area contributed by atoms with Gasteiger partial charge in [0.25, 0.3) is 11.8 Å². The van der Waals surface area contributed by atoms with E-state index in [2.05, 4.69) is 20.5 Å². The van der Waals surface area contributed by atoms with Gasteiger partial charge in [-0.05, 0) is 48.2 Å². The van der Waals surface area contributed by atoms with Crippen LogP contribution in [0.1, 0.15) is 38.1 Å². The second-order valence-corrected chi connectivity index (χ2v) is 10.2. The molecular formula is C22H27N5O4S. The summed E-state index contributed by atoms with van der Waals surface area (Å²) in [4.78, 5) is 16.7. The normalized spacial score (nSPS) is 12.0. The van der Waals surface area contributed by atoms with Crippen LogP contribution in [0.5, 0.6) is 0 Å². The average molecular weight is 458 g/mol. The van der Waals surface area contributed by atoms with Crippen molar-refractivity contribution in [3.05, 3.63) is 54.4 Å². The topological polar surface area (TPSA) is 118 Å². The first-order valence-corrected chi connectivity index (χ1v) is 11.8. The summed E-state index contributed by atoms with van der Waals surface area (Å²) >= 11 is 0. The van der Waals surface area contributed by atoms with Crippen LogP contribution in [0.4, 0.5) is 6.01 Å². The maximum Gasteiger partial charge on any atom is 0.322 e. The van der Waals surface area contributed by atoms with Gasteiger partial charge in [0.1, 0.15) is 0 Å². The predicted octanol–water partition coefficient (Wildman–Crippen LogP) is 3.69. The number of nitrogens with zero attached hydrogens (tertiary/aromatic N) is 4. The van der Waals surface area contributed by atoms with E-state index in [1.54, 1.807) is 24.5 Å². The summed E-state index contributed by atoms with van der Waals surface area (Å²) < 4.78 is 33.1. The Bertz CT molecular complexity index is 1130. The van der Waals surface area contributed by atoms with Crippen LogP contribution in [0.15, 0.2) is 58.1 Å². The lowest BCUT2D eigenvalue weighted by atomic mass is 10.2. The van der Waals surface area contributed by atoms with E-state index in [1.807, 2.05) is 27.7 Å². The van der Waals surface area contributed by atoms with Crippen LogP contribution in [0, 0.1) is 11.8 Å². The van der Waals surface area contributed by atoms with E-state index >= 15 is 0 Å². The van der Waals surface area contributed by atoms with Gasteiger partial charge in [0.2, 0.25) is 10.0 Å². The molecule has 0 aliphatic rings. The van der Waals surface area contributed by atoms with Crippen LogP contribution < -0.4 is 5.32 Å². The Kier molecular flexibility index (Phi) is 7.37. The van der Waals surface area contributed by atoms with Crippen LogP contribution in [0.3, 0.4) is 0 Å². The van der Waals surface area contributed by atoms with E-state index in [1.165, 1.54) is 28.6 Å². The quantitative estimate of drug-likeness (QED) is 0.520. The first kappa shape index (κ1) is 23.6. The number of hydrogen-bond acceptors (Lipinski definition) is 7. The van der Waals surface area contributed by atoms with Gasteiger partial charge in [-0.15, -0.1) is 5.10 Å². The van der Waals surface area contributed by atoms with Crippen molar-refractivity contribution in [3.8, 4) is 11.5 Å². The number of sulfonamides is 1. The molecule has 0 atom stereocenters. The molecule has 2 aromatic heterocycles. The minimum absolute atomic E-state index is 0.0643. The minimum atomic E-state index is -3.67. The number of hydrogen-bond donors (Lipinski definition) is 1. The van der Waals surface area contributed by atoms with Gasteiger partial charge in [-0.3, -0.25) is 15.1 Å². The Labute approximate surface area is 187 Å². The summed E-state index contributed by atoms with van der Waals surface area (Å²) in [6, 6.07) is 9.22. The number of benzene rings is 1. The fourth-order valence-electron chi connectivity index (χ4n) is 3.06. The van der Waals surface area contributed by atoms with Crippen molar-refractivity contribution in [2.45, 2.75) is 32.6 Å². The van der Waals surface area contributed by atoms with Crippen molar-refractivity contribution >= 4 is 21.9 Å². The molecule has 3 aromatic rings. The lowest BCUT2D eigenvalue weighted by molar-refractivity contribution is 0.102. The third-order valence-corrected chi connectivity index (χ3v) is 6.29. The van der Waals surface area contributed by atoms with Gasteiger partial charge in [-0.2, -0.15) is 4.31 Å². The second kappa shape index (κ2) is 10.0. The van der Waals surface area contributed by atoms with Gasteiger partial charge < -0.3 is 4.42 Å². The molecule has 32 heavy (non-hydrogen) atoms. The van der Waals surface area contributed by atoms with Crippen molar-refractivity contribution in [2.75, 3.05) is 18.4 Å². The molecule has 2 heterocycles. The van der Waals surface area contributed by atoms with Gasteiger partial charge in [0.05, 0.1) is 10.5 Å². The lowest BCUT2D eigenvalue weighted by Gasteiger charge is -2.25. The summed E-state index contributed by atoms with van der Waals surface area (Å²) in [5.41, 5.74) is 0.895. The Balaban J connectivity index is 1.73. The summed E-state index contributed by atoms with van der Waals surface area (Å²) in [5, 5.41) is 10.2. The number of nitrogens with one attached hydrogen (secondary N) is 1. The lowest BCUT2D eigenvalue weighted by Crippen LogP contribution is -2.37. The number of carbonyl (C=O) groups is 1. The van der Waals surface area contributed by atoms with Crippen molar-refractivity contribution in [1.82, 2.24) is 19.5 Å². The van der Waals surface area contributed by atoms with E-state index in [9.17, 15) is 13.2 Å². The number of amides is 1. The zero-order valence-corrected chi connectivity index (χ0v) is 19.3. The molecule has 0 radical (unpaired) electrons. The van der Waals surface area contributed by atoms with Crippen LogP contribution in [-0.2, 0) is 10.0 Å². The number of anilines is 1. The van der Waals surface area contributed by atoms with Gasteiger partial charge >= 0.3 is 6.01 Å². The first-order chi connectivity index (χ1) is 15.2. The zero-order chi connectivity index (χ0) is 23.3. The monoisotopic (exact) mass is 457 g/mol. The molecule has 0 saturated heterocycles. The highest BCUT2D eigenvalue weighted by atomic mass is 32.2. The predicted molar refractivity (Wildman–Crippen MR) is 120 cm³/mol. The van der Waals surface area contributed by atoms with Gasteiger partial charge in [0.15, 0.2) is 0 Å². The molecule has 0 bridgehead atoms. The fraction of sp³-hybridized carbons (Fsp3) is 0.364. The minimum Gasteiger partial charge on any atom is -0.403 e. The third-order valence-electron chi connectivity index (χ3n) is 4.45. The van der Waals surface area contributed by atoms with E-state index < -0.39 is 15.9 Å². The molecule has 10 heteroatoms. The average Bonchev–Trinajstić information content (AvgIpc) is 3.22. The van der Waals surface area contributed by atoms with E-state index in [4.69, 9.17) is 4.42 Å². The van der Waals surface area contributed by atoms with Crippen LogP contribution >= 0.6 is 0 Å². The largest absolute Gasteiger partial charge is 0.403 e. The van der Waals surface area contributed by atoms with E-state index in [0.717, 1.165) is 0 Å². The van der Waals surface area contributed by atoms with Gasteiger partial charge in [0, 0.05) is 31.0 Å². The third kappa shape index (κ3) is 5.77. The Morgan fingerprint density at radius 3 is 2.25 bits per heavy atom. The summed E-state index contributed by atoms with van der Waals surface area (Å²) in [5.74, 6) is 0.126. The van der Waals surface area contributed by atoms with Crippen LogP contribution in [0.2, 0.25) is 0 Å². The molecule has 1 amide bonds. The number of aromatic nitrogens is 3. The Hall–Kier alpha value is -3.11. The highest BCUT2D eigenvalue weighted by Gasteiger charge is 2.26. The van der Waals surface area contributed by atoms with Crippen molar-refractivity contribution in [2.24, 2.45) is 11.8 Å². The number of rotatable bonds is 9. The molecule has 0 aliphatic carbocycles. The molecule has 0 fully saturated rings. The number of carbonyl (C=O) groups excluding carboxylic acids is 1. The Morgan fingerprint density at radius 2 is 1.69 bits per heavy atom. The van der Waals surface area contributed by atoms with Crippen molar-refractivity contribution in [3.63, 3.8) is 0 Å². The molecule has 3 rings (SSSR count). The second-order valence-electron chi connectivity index (χ2n) is 8.24. The van der Waals surface area contributed by atoms with Crippen LogP contribution in [-0.4, -0.2) is 46.9 Å². The Morgan fingerprint density at radius 1 is 1.03 bits per heavy atom. The van der Waals surface area contributed by atoms with Crippen molar-refractivity contribution < 1.29 is 17.6 Å². The molecule has 0 spiro atoms. The smallest absolute Gasteiger partial charge is 0.322 e. The van der Waals surface area contributed by atoms with Crippen LogP contribution in [0.25, 0.3) is 11.5 Å². The first-order valence-electron chi connectivity index (χ1n) is 10.3. The molecule has 0 saturated carbocycles.